The lowest BCUT2D eigenvalue weighted by Crippen LogP contribution is -2.47. The van der Waals surface area contributed by atoms with Crippen molar-refractivity contribution in [2.45, 2.75) is 37.6 Å². The summed E-state index contributed by atoms with van der Waals surface area (Å²) < 4.78 is 6.01. The third kappa shape index (κ3) is 3.19. The lowest BCUT2D eigenvalue weighted by molar-refractivity contribution is -0.0211. The Morgan fingerprint density at radius 1 is 1.46 bits per heavy atom. The molecular weight excluding hydrogens is 324 g/mol. The molecule has 24 heavy (non-hydrogen) atoms. The van der Waals surface area contributed by atoms with Crippen LogP contribution in [-0.4, -0.2) is 52.1 Å². The fourth-order valence-electron chi connectivity index (χ4n) is 3.64. The number of nitrogens with zero attached hydrogens (tertiary/aromatic N) is 3. The van der Waals surface area contributed by atoms with Gasteiger partial charge in [0.25, 0.3) is 5.91 Å². The number of aromatic nitrogens is 2. The standard InChI is InChI=1S/C17H20N4O2S/c22-17(13-8-18-4-5-19-13)20-14-10-21(9-12-3-7-24-11-12)15-2-1-6-23-16(14)15/h3-5,7-8,11,14-16H,1-2,6,9-10H2,(H,20,22)/t14-,15-,16-/m0/s1. The zero-order chi connectivity index (χ0) is 16.4. The number of hydrogen-bond acceptors (Lipinski definition) is 6. The van der Waals surface area contributed by atoms with E-state index >= 15 is 0 Å². The summed E-state index contributed by atoms with van der Waals surface area (Å²) in [5.41, 5.74) is 1.67. The van der Waals surface area contributed by atoms with Gasteiger partial charge in [0.1, 0.15) is 5.69 Å². The van der Waals surface area contributed by atoms with E-state index in [0.717, 1.165) is 32.5 Å². The molecule has 4 rings (SSSR count). The zero-order valence-corrected chi connectivity index (χ0v) is 14.1. The third-order valence-electron chi connectivity index (χ3n) is 4.71. The molecule has 2 aromatic heterocycles. The summed E-state index contributed by atoms with van der Waals surface area (Å²) in [5, 5.41) is 7.39. The molecule has 2 saturated heterocycles. The van der Waals surface area contributed by atoms with Crippen molar-refractivity contribution in [1.82, 2.24) is 20.2 Å². The molecule has 0 aliphatic carbocycles. The molecule has 3 atom stereocenters. The average Bonchev–Trinajstić information content (AvgIpc) is 3.25. The first-order valence-electron chi connectivity index (χ1n) is 8.25. The Bertz CT molecular complexity index is 679. The molecule has 0 saturated carbocycles. The minimum atomic E-state index is -0.182. The number of likely N-dealkylation sites (tertiary alicyclic amines) is 1. The van der Waals surface area contributed by atoms with Crippen LogP contribution < -0.4 is 5.32 Å². The maximum absolute atomic E-state index is 12.4. The predicted molar refractivity (Wildman–Crippen MR) is 90.8 cm³/mol. The first-order valence-corrected chi connectivity index (χ1v) is 9.19. The highest BCUT2D eigenvalue weighted by Gasteiger charge is 2.44. The smallest absolute Gasteiger partial charge is 0.271 e. The quantitative estimate of drug-likeness (QED) is 0.914. The highest BCUT2D eigenvalue weighted by Crippen LogP contribution is 2.30. The van der Waals surface area contributed by atoms with Crippen molar-refractivity contribution in [2.24, 2.45) is 0 Å². The lowest BCUT2D eigenvalue weighted by atomic mass is 10.0. The Labute approximate surface area is 144 Å². The van der Waals surface area contributed by atoms with Gasteiger partial charge in [-0.25, -0.2) is 4.98 Å². The van der Waals surface area contributed by atoms with Gasteiger partial charge in [-0.15, -0.1) is 0 Å². The summed E-state index contributed by atoms with van der Waals surface area (Å²) in [6, 6.07) is 2.52. The SMILES string of the molecule is O=C(N[C@H]1CN(Cc2ccsc2)[C@H]2CCCO[C@@H]12)c1cnccn1. The van der Waals surface area contributed by atoms with Crippen LogP contribution in [-0.2, 0) is 11.3 Å². The molecule has 0 bridgehead atoms. The highest BCUT2D eigenvalue weighted by molar-refractivity contribution is 7.07. The number of rotatable bonds is 4. The minimum Gasteiger partial charge on any atom is -0.374 e. The van der Waals surface area contributed by atoms with Crippen LogP contribution in [0.25, 0.3) is 0 Å². The summed E-state index contributed by atoms with van der Waals surface area (Å²) in [7, 11) is 0. The molecule has 0 aromatic carbocycles. The Kier molecular flexibility index (Phi) is 4.55. The van der Waals surface area contributed by atoms with Crippen LogP contribution in [0.2, 0.25) is 0 Å². The number of carbonyl (C=O) groups is 1. The van der Waals surface area contributed by atoms with Gasteiger partial charge in [-0.1, -0.05) is 0 Å². The van der Waals surface area contributed by atoms with E-state index in [1.54, 1.807) is 17.5 Å². The van der Waals surface area contributed by atoms with Gasteiger partial charge in [0.2, 0.25) is 0 Å². The Morgan fingerprint density at radius 2 is 2.42 bits per heavy atom. The molecule has 2 aromatic rings. The number of carbonyl (C=O) groups excluding carboxylic acids is 1. The zero-order valence-electron chi connectivity index (χ0n) is 13.3. The van der Waals surface area contributed by atoms with E-state index in [4.69, 9.17) is 4.74 Å². The Morgan fingerprint density at radius 3 is 3.21 bits per heavy atom. The van der Waals surface area contributed by atoms with Crippen molar-refractivity contribution in [3.8, 4) is 0 Å². The van der Waals surface area contributed by atoms with Gasteiger partial charge in [-0.05, 0) is 35.2 Å². The first kappa shape index (κ1) is 15.7. The molecule has 0 unspecified atom stereocenters. The van der Waals surface area contributed by atoms with Gasteiger partial charge >= 0.3 is 0 Å². The van der Waals surface area contributed by atoms with Crippen LogP contribution in [0.4, 0.5) is 0 Å². The lowest BCUT2D eigenvalue weighted by Gasteiger charge is -2.32. The summed E-state index contributed by atoms with van der Waals surface area (Å²) >= 11 is 1.72. The molecule has 7 heteroatoms. The van der Waals surface area contributed by atoms with Gasteiger partial charge in [0, 0.05) is 38.1 Å². The third-order valence-corrected chi connectivity index (χ3v) is 5.44. The van der Waals surface area contributed by atoms with Gasteiger partial charge in [-0.3, -0.25) is 14.7 Å². The first-order chi connectivity index (χ1) is 11.8. The van der Waals surface area contributed by atoms with Crippen LogP contribution in [0.3, 0.4) is 0 Å². The van der Waals surface area contributed by atoms with Crippen molar-refractivity contribution in [3.63, 3.8) is 0 Å². The number of fused-ring (bicyclic) bond motifs is 1. The van der Waals surface area contributed by atoms with E-state index in [-0.39, 0.29) is 18.1 Å². The van der Waals surface area contributed by atoms with E-state index in [1.807, 2.05) is 0 Å². The van der Waals surface area contributed by atoms with Crippen LogP contribution in [0, 0.1) is 0 Å². The molecule has 0 radical (unpaired) electrons. The normalized spacial score (nSPS) is 26.9. The number of nitrogens with one attached hydrogen (secondary N) is 1. The van der Waals surface area contributed by atoms with E-state index in [2.05, 4.69) is 37.0 Å². The fourth-order valence-corrected chi connectivity index (χ4v) is 4.30. The van der Waals surface area contributed by atoms with Crippen LogP contribution in [0.15, 0.2) is 35.4 Å². The molecular formula is C17H20N4O2S. The monoisotopic (exact) mass is 344 g/mol. The van der Waals surface area contributed by atoms with E-state index in [0.29, 0.717) is 11.7 Å². The second kappa shape index (κ2) is 6.96. The van der Waals surface area contributed by atoms with E-state index < -0.39 is 0 Å². The molecule has 4 heterocycles. The average molecular weight is 344 g/mol. The summed E-state index contributed by atoms with van der Waals surface area (Å²) in [5.74, 6) is -0.182. The largest absolute Gasteiger partial charge is 0.374 e. The summed E-state index contributed by atoms with van der Waals surface area (Å²) in [4.78, 5) is 22.9. The Balaban J connectivity index is 1.47. The molecule has 0 spiro atoms. The van der Waals surface area contributed by atoms with E-state index in [9.17, 15) is 4.79 Å². The van der Waals surface area contributed by atoms with Crippen LogP contribution in [0.1, 0.15) is 28.9 Å². The van der Waals surface area contributed by atoms with Gasteiger partial charge in [-0.2, -0.15) is 11.3 Å². The van der Waals surface area contributed by atoms with Crippen LogP contribution in [0.5, 0.6) is 0 Å². The van der Waals surface area contributed by atoms with E-state index in [1.165, 1.54) is 18.0 Å². The predicted octanol–water partition coefficient (Wildman–Crippen LogP) is 1.70. The van der Waals surface area contributed by atoms with Crippen molar-refractivity contribution in [2.75, 3.05) is 13.2 Å². The molecule has 2 fully saturated rings. The van der Waals surface area contributed by atoms with Gasteiger partial charge < -0.3 is 10.1 Å². The second-order valence-electron chi connectivity index (χ2n) is 6.28. The number of ether oxygens (including phenoxy) is 1. The number of amides is 1. The molecule has 6 nitrogen and oxygen atoms in total. The summed E-state index contributed by atoms with van der Waals surface area (Å²) in [6.45, 7) is 2.48. The van der Waals surface area contributed by atoms with Crippen molar-refractivity contribution in [1.29, 1.82) is 0 Å². The molecule has 126 valence electrons. The molecule has 1 N–H and O–H groups in total. The fraction of sp³-hybridized carbons (Fsp3) is 0.471. The topological polar surface area (TPSA) is 67.4 Å². The number of hydrogen-bond donors (Lipinski definition) is 1. The summed E-state index contributed by atoms with van der Waals surface area (Å²) in [6.07, 6.45) is 6.84. The molecule has 2 aliphatic heterocycles. The maximum atomic E-state index is 12.4. The van der Waals surface area contributed by atoms with Gasteiger partial charge in [0.05, 0.1) is 18.3 Å². The maximum Gasteiger partial charge on any atom is 0.271 e. The minimum absolute atomic E-state index is 0.0107. The second-order valence-corrected chi connectivity index (χ2v) is 7.06. The van der Waals surface area contributed by atoms with Crippen LogP contribution >= 0.6 is 11.3 Å². The highest BCUT2D eigenvalue weighted by atomic mass is 32.1. The van der Waals surface area contributed by atoms with Crippen molar-refractivity contribution < 1.29 is 9.53 Å². The Hall–Kier alpha value is -1.83. The van der Waals surface area contributed by atoms with Crippen molar-refractivity contribution in [3.05, 3.63) is 46.7 Å². The molecule has 1 amide bonds. The number of thiophene rings is 1. The van der Waals surface area contributed by atoms with Crippen molar-refractivity contribution >= 4 is 17.2 Å². The van der Waals surface area contributed by atoms with Gasteiger partial charge in [0.15, 0.2) is 0 Å². The molecule has 2 aliphatic rings.